The van der Waals surface area contributed by atoms with Gasteiger partial charge in [-0.2, -0.15) is 0 Å². The molecule has 3 N–H and O–H groups in total. The third-order valence-corrected chi connectivity index (χ3v) is 6.31. The molecule has 1 aromatic carbocycles. The fourth-order valence-corrected chi connectivity index (χ4v) is 3.88. The summed E-state index contributed by atoms with van der Waals surface area (Å²) in [6, 6.07) is 6.92. The van der Waals surface area contributed by atoms with Gasteiger partial charge >= 0.3 is 0 Å². The Kier molecular flexibility index (Phi) is 7.65. The number of hydrogen-bond donors (Lipinski definition) is 2. The number of ether oxygens (including phenoxy) is 1. The minimum atomic E-state index is -3.45. The smallest absolute Gasteiger partial charge is 0.240 e. The first-order valence-electron chi connectivity index (χ1n) is 8.53. The van der Waals surface area contributed by atoms with Crippen LogP contribution in [-0.4, -0.2) is 45.4 Å². The second-order valence-electron chi connectivity index (χ2n) is 7.62. The lowest BCUT2D eigenvalue weighted by Crippen LogP contribution is -2.57. The fraction of sp³-hybridized carbons (Fsp3) is 0.611. The van der Waals surface area contributed by atoms with Crippen LogP contribution in [0.4, 0.5) is 0 Å². The Morgan fingerprint density at radius 1 is 1.19 bits per heavy atom. The molecule has 0 bridgehead atoms. The van der Waals surface area contributed by atoms with Gasteiger partial charge in [0.2, 0.25) is 5.91 Å². The average Bonchev–Trinajstić information content (AvgIpc) is 2.54. The molecule has 1 fully saturated rings. The third kappa shape index (κ3) is 5.67. The lowest BCUT2D eigenvalue weighted by Gasteiger charge is -2.31. The molecule has 1 saturated heterocycles. The molecule has 0 atom stereocenters. The molecular weight excluding hydrogens is 376 g/mol. The predicted octanol–water partition coefficient (Wildman–Crippen LogP) is 1.80. The van der Waals surface area contributed by atoms with Crippen LogP contribution >= 0.6 is 12.4 Å². The van der Waals surface area contributed by atoms with Crippen LogP contribution in [0.1, 0.15) is 39.2 Å². The standard InChI is InChI=1S/C18H28N2O4S.ClH/c1-17(2,3)14-4-6-15(7-5-14)25(22,23)13-10-20-16(21)18(19)8-11-24-12-9-18;/h4-7H,8-13,19H2,1-3H3,(H,20,21);1H. The van der Waals surface area contributed by atoms with Gasteiger partial charge in [-0.3, -0.25) is 4.79 Å². The van der Waals surface area contributed by atoms with Crippen molar-refractivity contribution in [3.63, 3.8) is 0 Å². The van der Waals surface area contributed by atoms with Gasteiger partial charge in [-0.15, -0.1) is 12.4 Å². The fourth-order valence-electron chi connectivity index (χ4n) is 2.72. The SMILES string of the molecule is CC(C)(C)c1ccc(S(=O)(=O)CCNC(=O)C2(N)CCOCC2)cc1.Cl. The van der Waals surface area contributed by atoms with E-state index in [1.54, 1.807) is 12.1 Å². The largest absolute Gasteiger partial charge is 0.381 e. The molecule has 1 heterocycles. The second kappa shape index (κ2) is 8.69. The molecule has 26 heavy (non-hydrogen) atoms. The van der Waals surface area contributed by atoms with E-state index in [4.69, 9.17) is 10.5 Å². The van der Waals surface area contributed by atoms with E-state index in [2.05, 4.69) is 26.1 Å². The number of carbonyl (C=O) groups is 1. The maximum atomic E-state index is 12.4. The molecule has 0 unspecified atom stereocenters. The van der Waals surface area contributed by atoms with Crippen molar-refractivity contribution < 1.29 is 17.9 Å². The van der Waals surface area contributed by atoms with Crippen LogP contribution < -0.4 is 11.1 Å². The van der Waals surface area contributed by atoms with Crippen LogP contribution in [0.5, 0.6) is 0 Å². The number of sulfone groups is 1. The summed E-state index contributed by atoms with van der Waals surface area (Å²) in [5.74, 6) is -0.464. The van der Waals surface area contributed by atoms with E-state index in [1.807, 2.05) is 12.1 Å². The molecule has 1 aromatic rings. The molecule has 0 saturated carbocycles. The number of nitrogens with two attached hydrogens (primary N) is 1. The Morgan fingerprint density at radius 3 is 2.23 bits per heavy atom. The first kappa shape index (κ1) is 22.9. The highest BCUT2D eigenvalue weighted by molar-refractivity contribution is 7.91. The Labute approximate surface area is 162 Å². The Balaban J connectivity index is 0.00000338. The molecule has 148 valence electrons. The molecule has 6 nitrogen and oxygen atoms in total. The van der Waals surface area contributed by atoms with Crippen LogP contribution in [0.3, 0.4) is 0 Å². The molecular formula is C18H29ClN2O4S. The van der Waals surface area contributed by atoms with Crippen LogP contribution in [0.15, 0.2) is 29.2 Å². The summed E-state index contributed by atoms with van der Waals surface area (Å²) < 4.78 is 30.1. The molecule has 0 radical (unpaired) electrons. The Hall–Kier alpha value is -1.15. The van der Waals surface area contributed by atoms with E-state index >= 15 is 0 Å². The number of halogens is 1. The molecule has 0 aromatic heterocycles. The van der Waals surface area contributed by atoms with Crippen molar-refractivity contribution in [3.05, 3.63) is 29.8 Å². The van der Waals surface area contributed by atoms with Crippen LogP contribution in [0, 0.1) is 0 Å². The maximum absolute atomic E-state index is 12.4. The minimum Gasteiger partial charge on any atom is -0.381 e. The Bertz CT molecular complexity index is 706. The van der Waals surface area contributed by atoms with Gasteiger partial charge < -0.3 is 15.8 Å². The zero-order valence-corrected chi connectivity index (χ0v) is 17.2. The number of hydrogen-bond acceptors (Lipinski definition) is 5. The van der Waals surface area contributed by atoms with E-state index < -0.39 is 15.4 Å². The van der Waals surface area contributed by atoms with Gasteiger partial charge in [0.05, 0.1) is 16.2 Å². The predicted molar refractivity (Wildman–Crippen MR) is 104 cm³/mol. The average molecular weight is 405 g/mol. The highest BCUT2D eigenvalue weighted by Gasteiger charge is 2.35. The van der Waals surface area contributed by atoms with Gasteiger partial charge in [0.15, 0.2) is 9.84 Å². The van der Waals surface area contributed by atoms with E-state index in [0.717, 1.165) is 5.56 Å². The molecule has 0 aliphatic carbocycles. The monoisotopic (exact) mass is 404 g/mol. The molecule has 1 aliphatic heterocycles. The molecule has 0 spiro atoms. The van der Waals surface area contributed by atoms with E-state index in [9.17, 15) is 13.2 Å². The molecule has 8 heteroatoms. The summed E-state index contributed by atoms with van der Waals surface area (Å²) in [7, 11) is -3.45. The third-order valence-electron chi connectivity index (χ3n) is 4.57. The second-order valence-corrected chi connectivity index (χ2v) is 9.73. The highest BCUT2D eigenvalue weighted by atomic mass is 35.5. The topological polar surface area (TPSA) is 98.5 Å². The summed E-state index contributed by atoms with van der Waals surface area (Å²) in [5, 5.41) is 2.66. The summed E-state index contributed by atoms with van der Waals surface area (Å²) >= 11 is 0. The van der Waals surface area contributed by atoms with Gasteiger partial charge in [-0.1, -0.05) is 32.9 Å². The van der Waals surface area contributed by atoms with E-state index in [1.165, 1.54) is 0 Å². The van der Waals surface area contributed by atoms with Crippen molar-refractivity contribution in [3.8, 4) is 0 Å². The van der Waals surface area contributed by atoms with Crippen LogP contribution in [0.25, 0.3) is 0 Å². The van der Waals surface area contributed by atoms with Crippen molar-refractivity contribution >= 4 is 28.2 Å². The summed E-state index contributed by atoms with van der Waals surface area (Å²) in [4.78, 5) is 12.5. The first-order chi connectivity index (χ1) is 11.5. The van der Waals surface area contributed by atoms with Crippen molar-refractivity contribution in [1.29, 1.82) is 0 Å². The zero-order chi connectivity index (χ0) is 18.7. The lowest BCUT2D eigenvalue weighted by atomic mass is 9.87. The number of amides is 1. The summed E-state index contributed by atoms with van der Waals surface area (Å²) in [6.45, 7) is 7.16. The maximum Gasteiger partial charge on any atom is 0.240 e. The lowest BCUT2D eigenvalue weighted by molar-refractivity contribution is -0.129. The number of nitrogens with one attached hydrogen (secondary N) is 1. The van der Waals surface area contributed by atoms with Crippen molar-refractivity contribution in [2.45, 2.75) is 49.5 Å². The van der Waals surface area contributed by atoms with Gasteiger partial charge in [0.1, 0.15) is 0 Å². The summed E-state index contributed by atoms with van der Waals surface area (Å²) in [5.41, 5.74) is 6.16. The van der Waals surface area contributed by atoms with Crippen molar-refractivity contribution in [2.24, 2.45) is 5.73 Å². The van der Waals surface area contributed by atoms with Crippen molar-refractivity contribution in [2.75, 3.05) is 25.5 Å². The van der Waals surface area contributed by atoms with Crippen molar-refractivity contribution in [1.82, 2.24) is 5.32 Å². The number of rotatable bonds is 5. The normalized spacial score (nSPS) is 17.2. The Morgan fingerprint density at radius 2 is 1.73 bits per heavy atom. The number of benzene rings is 1. The molecule has 1 amide bonds. The van der Waals surface area contributed by atoms with Gasteiger partial charge in [-0.05, 0) is 36.0 Å². The van der Waals surface area contributed by atoms with E-state index in [0.29, 0.717) is 26.1 Å². The quantitative estimate of drug-likeness (QED) is 0.779. The van der Waals surface area contributed by atoms with Gasteiger partial charge in [0.25, 0.3) is 0 Å². The van der Waals surface area contributed by atoms with Crippen LogP contribution in [-0.2, 0) is 24.8 Å². The van der Waals surface area contributed by atoms with Crippen LogP contribution in [0.2, 0.25) is 0 Å². The molecule has 1 aliphatic rings. The first-order valence-corrected chi connectivity index (χ1v) is 10.2. The minimum absolute atomic E-state index is 0. The number of carbonyl (C=O) groups excluding carboxylic acids is 1. The van der Waals surface area contributed by atoms with Gasteiger partial charge in [0, 0.05) is 19.8 Å². The van der Waals surface area contributed by atoms with E-state index in [-0.39, 0.29) is 40.9 Å². The molecule has 2 rings (SSSR count). The summed E-state index contributed by atoms with van der Waals surface area (Å²) in [6.07, 6.45) is 0.889. The zero-order valence-electron chi connectivity index (χ0n) is 15.6. The highest BCUT2D eigenvalue weighted by Crippen LogP contribution is 2.23. The van der Waals surface area contributed by atoms with Gasteiger partial charge in [-0.25, -0.2) is 8.42 Å².